The van der Waals surface area contributed by atoms with E-state index in [-0.39, 0.29) is 0 Å². The molecule has 0 spiro atoms. The topological polar surface area (TPSA) is 89.8 Å². The summed E-state index contributed by atoms with van der Waals surface area (Å²) in [5.41, 5.74) is 2.67. The first-order valence-corrected chi connectivity index (χ1v) is 5.14. The number of aromatic amines is 1. The lowest BCUT2D eigenvalue weighted by molar-refractivity contribution is -0.192. The molecule has 0 aliphatic heterocycles. The van der Waals surface area contributed by atoms with Gasteiger partial charge in [0, 0.05) is 11.8 Å². The van der Waals surface area contributed by atoms with Gasteiger partial charge in [0.05, 0.1) is 17.8 Å². The van der Waals surface area contributed by atoms with Crippen LogP contribution >= 0.6 is 0 Å². The van der Waals surface area contributed by atoms with Gasteiger partial charge in [0.1, 0.15) is 0 Å². The fourth-order valence-corrected chi connectivity index (χ4v) is 1.18. The van der Waals surface area contributed by atoms with Crippen LogP contribution in [0.5, 0.6) is 0 Å². The zero-order valence-corrected chi connectivity index (χ0v) is 9.85. The Morgan fingerprint density at radius 1 is 1.35 bits per heavy atom. The van der Waals surface area contributed by atoms with E-state index in [4.69, 9.17) is 15.2 Å². The Morgan fingerprint density at radius 2 is 2.00 bits per heavy atom. The zero-order chi connectivity index (χ0) is 15.2. The Hall–Kier alpha value is -2.82. The van der Waals surface area contributed by atoms with Gasteiger partial charge in [-0.25, -0.2) is 4.79 Å². The number of rotatable bonds is 1. The number of carbonyl (C=O) groups is 1. The maximum atomic E-state index is 10.6. The lowest BCUT2D eigenvalue weighted by Crippen LogP contribution is -2.21. The highest BCUT2D eigenvalue weighted by molar-refractivity contribution is 5.73. The summed E-state index contributed by atoms with van der Waals surface area (Å²) in [6, 6.07) is 9.53. The van der Waals surface area contributed by atoms with E-state index >= 15 is 0 Å². The summed E-state index contributed by atoms with van der Waals surface area (Å²) >= 11 is 0. The third-order valence-corrected chi connectivity index (χ3v) is 2.07. The second kappa shape index (κ2) is 6.38. The van der Waals surface area contributed by atoms with Crippen LogP contribution < -0.4 is 0 Å². The molecule has 5 nitrogen and oxygen atoms in total. The summed E-state index contributed by atoms with van der Waals surface area (Å²) in [6.07, 6.45) is -1.55. The van der Waals surface area contributed by atoms with Crippen LogP contribution in [0.25, 0.3) is 11.1 Å². The van der Waals surface area contributed by atoms with Crippen LogP contribution in [-0.2, 0) is 4.79 Å². The summed E-state index contributed by atoms with van der Waals surface area (Å²) < 4.78 is 31.7. The Kier molecular flexibility index (Phi) is 4.86. The maximum absolute atomic E-state index is 10.6. The Labute approximate surface area is 111 Å². The lowest BCUT2D eigenvalue weighted by atomic mass is 10.1. The summed E-state index contributed by atoms with van der Waals surface area (Å²) in [4.78, 5) is 8.90. The molecule has 104 valence electrons. The molecule has 0 amide bonds. The van der Waals surface area contributed by atoms with Crippen molar-refractivity contribution in [3.8, 4) is 17.2 Å². The van der Waals surface area contributed by atoms with Crippen molar-refractivity contribution in [1.82, 2.24) is 10.2 Å². The van der Waals surface area contributed by atoms with E-state index in [1.165, 1.54) is 0 Å². The number of hydrogen-bond donors (Lipinski definition) is 2. The van der Waals surface area contributed by atoms with E-state index in [1.807, 2.05) is 18.2 Å². The van der Waals surface area contributed by atoms with E-state index in [9.17, 15) is 13.2 Å². The van der Waals surface area contributed by atoms with E-state index in [0.29, 0.717) is 5.56 Å². The SMILES string of the molecule is N#Cc1cccc(-c2cn[nH]c2)c1.O=C(O)C(F)(F)F. The number of H-pyrrole nitrogens is 1. The van der Waals surface area contributed by atoms with Crippen molar-refractivity contribution in [3.63, 3.8) is 0 Å². The smallest absolute Gasteiger partial charge is 0.475 e. The van der Waals surface area contributed by atoms with Crippen molar-refractivity contribution in [3.05, 3.63) is 42.2 Å². The molecule has 0 unspecified atom stereocenters. The molecule has 0 saturated heterocycles. The number of carboxylic acid groups (broad SMARTS) is 1. The second-order valence-corrected chi connectivity index (χ2v) is 3.48. The number of aliphatic carboxylic acids is 1. The van der Waals surface area contributed by atoms with Gasteiger partial charge in [-0.15, -0.1) is 0 Å². The quantitative estimate of drug-likeness (QED) is 0.841. The minimum Gasteiger partial charge on any atom is -0.475 e. The number of nitrogens with zero attached hydrogens (tertiary/aromatic N) is 2. The van der Waals surface area contributed by atoms with Crippen LogP contribution in [0.2, 0.25) is 0 Å². The number of hydrogen-bond acceptors (Lipinski definition) is 3. The minimum absolute atomic E-state index is 0.665. The van der Waals surface area contributed by atoms with Gasteiger partial charge >= 0.3 is 12.1 Å². The monoisotopic (exact) mass is 283 g/mol. The first kappa shape index (κ1) is 15.2. The number of nitriles is 1. The molecule has 0 radical (unpaired) electrons. The van der Waals surface area contributed by atoms with Gasteiger partial charge in [-0.05, 0) is 17.7 Å². The molecule has 0 bridgehead atoms. The Morgan fingerprint density at radius 3 is 2.45 bits per heavy atom. The fourth-order valence-electron chi connectivity index (χ4n) is 1.18. The second-order valence-electron chi connectivity index (χ2n) is 3.48. The van der Waals surface area contributed by atoms with Gasteiger partial charge in [-0.1, -0.05) is 12.1 Å². The van der Waals surface area contributed by atoms with E-state index in [1.54, 1.807) is 18.5 Å². The van der Waals surface area contributed by atoms with Gasteiger partial charge in [-0.2, -0.15) is 23.5 Å². The first-order chi connectivity index (χ1) is 9.34. The summed E-state index contributed by atoms with van der Waals surface area (Å²) in [7, 11) is 0. The van der Waals surface area contributed by atoms with Crippen molar-refractivity contribution < 1.29 is 23.1 Å². The summed E-state index contributed by atoms with van der Waals surface area (Å²) in [5.74, 6) is -2.76. The van der Waals surface area contributed by atoms with Crippen LogP contribution in [0.3, 0.4) is 0 Å². The molecule has 2 N–H and O–H groups in total. The predicted octanol–water partition coefficient (Wildman–Crippen LogP) is 2.58. The number of alkyl halides is 3. The average molecular weight is 283 g/mol. The molecule has 1 aromatic carbocycles. The van der Waals surface area contributed by atoms with Crippen LogP contribution in [0.15, 0.2) is 36.7 Å². The molecule has 8 heteroatoms. The zero-order valence-electron chi connectivity index (χ0n) is 9.85. The Balaban J connectivity index is 0.000000246. The van der Waals surface area contributed by atoms with Gasteiger partial charge < -0.3 is 5.11 Å². The van der Waals surface area contributed by atoms with Crippen molar-refractivity contribution in [2.45, 2.75) is 6.18 Å². The highest BCUT2D eigenvalue weighted by Gasteiger charge is 2.38. The van der Waals surface area contributed by atoms with Crippen LogP contribution in [0.4, 0.5) is 13.2 Å². The average Bonchev–Trinajstić information content (AvgIpc) is 2.92. The molecule has 0 saturated carbocycles. The van der Waals surface area contributed by atoms with Gasteiger partial charge in [0.15, 0.2) is 0 Å². The fraction of sp³-hybridized carbons (Fsp3) is 0.0833. The van der Waals surface area contributed by atoms with Gasteiger partial charge in [-0.3, -0.25) is 5.10 Å². The molecule has 1 heterocycles. The summed E-state index contributed by atoms with van der Waals surface area (Å²) in [5, 5.41) is 22.4. The maximum Gasteiger partial charge on any atom is 0.490 e. The molecular formula is C12H8F3N3O2. The highest BCUT2D eigenvalue weighted by atomic mass is 19.4. The molecule has 1 aromatic heterocycles. The molecule has 0 fully saturated rings. The molecule has 2 aromatic rings. The third kappa shape index (κ3) is 4.45. The number of aromatic nitrogens is 2. The molecular weight excluding hydrogens is 275 g/mol. The van der Waals surface area contributed by atoms with Crippen LogP contribution in [-0.4, -0.2) is 27.4 Å². The van der Waals surface area contributed by atoms with E-state index in [0.717, 1.165) is 11.1 Å². The predicted molar refractivity (Wildman–Crippen MR) is 62.4 cm³/mol. The standard InChI is InChI=1S/C10H7N3.C2HF3O2/c11-5-8-2-1-3-9(4-8)10-6-12-13-7-10;3-2(4,5)1(6)7/h1-4,6-7H,(H,12,13);(H,6,7). The number of benzene rings is 1. The molecule has 2 rings (SSSR count). The highest BCUT2D eigenvalue weighted by Crippen LogP contribution is 2.18. The normalized spacial score (nSPS) is 10.1. The number of nitrogens with one attached hydrogen (secondary N) is 1. The van der Waals surface area contributed by atoms with Crippen molar-refractivity contribution >= 4 is 5.97 Å². The minimum atomic E-state index is -5.08. The number of halogens is 3. The van der Waals surface area contributed by atoms with Crippen LogP contribution in [0.1, 0.15) is 5.56 Å². The molecule has 0 aliphatic carbocycles. The van der Waals surface area contributed by atoms with E-state index < -0.39 is 12.1 Å². The van der Waals surface area contributed by atoms with Crippen LogP contribution in [0, 0.1) is 11.3 Å². The first-order valence-electron chi connectivity index (χ1n) is 5.14. The Bertz CT molecular complexity index is 616. The van der Waals surface area contributed by atoms with Crippen molar-refractivity contribution in [1.29, 1.82) is 5.26 Å². The van der Waals surface area contributed by atoms with Crippen molar-refractivity contribution in [2.24, 2.45) is 0 Å². The van der Waals surface area contributed by atoms with E-state index in [2.05, 4.69) is 16.3 Å². The summed E-state index contributed by atoms with van der Waals surface area (Å²) in [6.45, 7) is 0. The molecule has 0 aliphatic rings. The molecule has 20 heavy (non-hydrogen) atoms. The van der Waals surface area contributed by atoms with Gasteiger partial charge in [0.25, 0.3) is 0 Å². The lowest BCUT2D eigenvalue weighted by Gasteiger charge is -1.95. The van der Waals surface area contributed by atoms with Gasteiger partial charge in [0.2, 0.25) is 0 Å². The van der Waals surface area contributed by atoms with Crippen molar-refractivity contribution in [2.75, 3.05) is 0 Å². The number of carboxylic acids is 1. The largest absolute Gasteiger partial charge is 0.490 e. The third-order valence-electron chi connectivity index (χ3n) is 2.07. The molecule has 0 atom stereocenters.